The number of anilines is 1. The number of carbonyl (C=O) groups excluding carboxylic acids is 1. The molecule has 5 nitrogen and oxygen atoms in total. The molecule has 0 unspecified atom stereocenters. The zero-order chi connectivity index (χ0) is 33.4. The summed E-state index contributed by atoms with van der Waals surface area (Å²) in [5.74, 6) is 0. The number of benzene rings is 6. The van der Waals surface area contributed by atoms with Gasteiger partial charge in [0.25, 0.3) is 0 Å². The van der Waals surface area contributed by atoms with Crippen LogP contribution in [0.25, 0.3) is 0 Å². The van der Waals surface area contributed by atoms with Gasteiger partial charge in [0.1, 0.15) is 11.2 Å². The summed E-state index contributed by atoms with van der Waals surface area (Å²) in [7, 11) is 0. The van der Waals surface area contributed by atoms with Crippen LogP contribution < -0.4 is 5.32 Å². The number of hydrogen-bond acceptors (Lipinski definition) is 6. The monoisotopic (exact) mass is 655 g/mol. The van der Waals surface area contributed by atoms with Crippen LogP contribution in [0, 0.1) is 0 Å². The van der Waals surface area contributed by atoms with Gasteiger partial charge in [-0.1, -0.05) is 187 Å². The lowest BCUT2D eigenvalue weighted by Gasteiger charge is -2.36. The van der Waals surface area contributed by atoms with Gasteiger partial charge in [0.2, 0.25) is 5.60 Å². The van der Waals surface area contributed by atoms with Crippen LogP contribution in [-0.4, -0.2) is 17.0 Å². The van der Waals surface area contributed by atoms with E-state index in [1.165, 1.54) is 11.3 Å². The van der Waals surface area contributed by atoms with E-state index in [1.807, 2.05) is 151 Å². The maximum atomic E-state index is 12.7. The van der Waals surface area contributed by atoms with Gasteiger partial charge < -0.3 is 10.2 Å². The Labute approximate surface area is 290 Å². The number of hydrogen-bond donors (Lipinski definition) is 1. The summed E-state index contributed by atoms with van der Waals surface area (Å²) in [6.07, 6.45) is 0.698. The van der Waals surface area contributed by atoms with E-state index < -0.39 is 11.1 Å². The normalized spacial score (nSPS) is 11.9. The smallest absolute Gasteiger partial charge is 0.212 e. The molecule has 6 aromatic carbocycles. The van der Waals surface area contributed by atoms with Gasteiger partial charge in [0, 0.05) is 22.1 Å². The first-order valence-electron chi connectivity index (χ1n) is 16.0. The molecule has 0 saturated carbocycles. The fraction of sp³-hybridized carbons (Fsp3) is 0.0465. The summed E-state index contributed by atoms with van der Waals surface area (Å²) in [5.41, 5.74) is 4.38. The van der Waals surface area contributed by atoms with E-state index in [-0.39, 0.29) is 5.71 Å². The Morgan fingerprint density at radius 3 is 1.24 bits per heavy atom. The second kappa shape index (κ2) is 14.3. The number of nitrogens with one attached hydrogen (secondary N) is 1. The third-order valence-corrected chi connectivity index (χ3v) is 9.37. The molecule has 238 valence electrons. The molecule has 7 rings (SSSR count). The van der Waals surface area contributed by atoms with E-state index in [9.17, 15) is 4.79 Å². The third kappa shape index (κ3) is 6.18. The van der Waals surface area contributed by atoms with Crippen molar-refractivity contribution >= 4 is 28.5 Å². The number of carbonyl (C=O) groups is 1. The van der Waals surface area contributed by atoms with Crippen LogP contribution >= 0.6 is 11.3 Å². The summed E-state index contributed by atoms with van der Waals surface area (Å²) in [4.78, 5) is 24.3. The molecule has 1 aromatic heterocycles. The van der Waals surface area contributed by atoms with Gasteiger partial charge in [-0.05, 0) is 16.7 Å². The van der Waals surface area contributed by atoms with E-state index in [2.05, 4.69) is 46.9 Å². The molecule has 0 atom stereocenters. The molecule has 1 heterocycles. The van der Waals surface area contributed by atoms with Crippen molar-refractivity contribution in [2.45, 2.75) is 11.1 Å². The lowest BCUT2D eigenvalue weighted by atomic mass is 9.77. The first-order chi connectivity index (χ1) is 24.2. The van der Waals surface area contributed by atoms with Crippen LogP contribution in [0.3, 0.4) is 0 Å². The standard InChI is InChI=1S/C43H33N3O2S/c47-31-39(46-48-43(36-25-13-4-14-26-36,37-27-15-5-16-28-37)38-29-17-6-18-30-38)40-32-49-41(44-40)45-42(33-19-7-1-8-20-33,34-21-9-2-10-22-34)35-23-11-3-12-24-35/h1-32H,(H,44,45)/b46-39+. The van der Waals surface area contributed by atoms with E-state index in [0.29, 0.717) is 17.1 Å². The van der Waals surface area contributed by atoms with Crippen molar-refractivity contribution in [2.75, 3.05) is 5.32 Å². The minimum Gasteiger partial charge on any atom is -0.374 e. The molecule has 0 bridgehead atoms. The van der Waals surface area contributed by atoms with E-state index in [0.717, 1.165) is 33.4 Å². The highest BCUT2D eigenvalue weighted by molar-refractivity contribution is 7.14. The topological polar surface area (TPSA) is 63.6 Å². The van der Waals surface area contributed by atoms with Gasteiger partial charge in [-0.15, -0.1) is 11.3 Å². The van der Waals surface area contributed by atoms with Crippen molar-refractivity contribution in [1.29, 1.82) is 0 Å². The zero-order valence-corrected chi connectivity index (χ0v) is 27.4. The fourth-order valence-corrected chi connectivity index (χ4v) is 7.07. The minimum absolute atomic E-state index is 0.0844. The lowest BCUT2D eigenvalue weighted by molar-refractivity contribution is -0.103. The van der Waals surface area contributed by atoms with Gasteiger partial charge in [-0.25, -0.2) is 4.98 Å². The van der Waals surface area contributed by atoms with Crippen LogP contribution in [0.15, 0.2) is 193 Å². The Kier molecular flexibility index (Phi) is 9.21. The molecule has 6 heteroatoms. The van der Waals surface area contributed by atoms with Crippen molar-refractivity contribution in [1.82, 2.24) is 4.98 Å². The Bertz CT molecular complexity index is 1930. The molecule has 7 aromatic rings. The number of thiazole rings is 1. The molecule has 0 saturated heterocycles. The second-order valence-corrected chi connectivity index (χ2v) is 12.3. The predicted octanol–water partition coefficient (Wildman–Crippen LogP) is 9.46. The Balaban J connectivity index is 1.32. The summed E-state index contributed by atoms with van der Waals surface area (Å²) >= 11 is 1.41. The first kappa shape index (κ1) is 31.5. The van der Waals surface area contributed by atoms with E-state index >= 15 is 0 Å². The van der Waals surface area contributed by atoms with Gasteiger partial charge in [-0.3, -0.25) is 4.79 Å². The molecule has 0 amide bonds. The average Bonchev–Trinajstić information content (AvgIpc) is 3.66. The fourth-order valence-electron chi connectivity index (χ4n) is 6.31. The quantitative estimate of drug-likeness (QED) is 0.0617. The van der Waals surface area contributed by atoms with Crippen LogP contribution in [0.4, 0.5) is 5.13 Å². The highest BCUT2D eigenvalue weighted by Crippen LogP contribution is 2.42. The number of oxime groups is 1. The van der Waals surface area contributed by atoms with Gasteiger partial charge in [0.05, 0.1) is 0 Å². The van der Waals surface area contributed by atoms with Gasteiger partial charge >= 0.3 is 0 Å². The number of nitrogens with zero attached hydrogens (tertiary/aromatic N) is 2. The molecule has 1 N–H and O–H groups in total. The molecular formula is C43H33N3O2S. The minimum atomic E-state index is -1.13. The Morgan fingerprint density at radius 1 is 0.551 bits per heavy atom. The summed E-state index contributed by atoms with van der Waals surface area (Å²) in [6.45, 7) is 0. The molecule has 0 aliphatic rings. The van der Waals surface area contributed by atoms with Crippen molar-refractivity contribution in [3.05, 3.63) is 226 Å². The van der Waals surface area contributed by atoms with Crippen molar-refractivity contribution < 1.29 is 9.63 Å². The van der Waals surface area contributed by atoms with E-state index in [1.54, 1.807) is 0 Å². The predicted molar refractivity (Wildman–Crippen MR) is 198 cm³/mol. The van der Waals surface area contributed by atoms with Crippen molar-refractivity contribution in [2.24, 2.45) is 5.16 Å². The number of rotatable bonds is 12. The van der Waals surface area contributed by atoms with E-state index in [4.69, 9.17) is 9.82 Å². The molecule has 0 spiro atoms. The molecule has 0 fully saturated rings. The van der Waals surface area contributed by atoms with Gasteiger partial charge in [0.15, 0.2) is 17.1 Å². The molecule has 0 radical (unpaired) electrons. The van der Waals surface area contributed by atoms with Crippen molar-refractivity contribution in [3.8, 4) is 0 Å². The number of aromatic nitrogens is 1. The van der Waals surface area contributed by atoms with Gasteiger partial charge in [-0.2, -0.15) is 0 Å². The highest BCUT2D eigenvalue weighted by Gasteiger charge is 2.40. The maximum Gasteiger partial charge on any atom is 0.212 e. The van der Waals surface area contributed by atoms with Crippen LogP contribution in [-0.2, 0) is 20.8 Å². The Morgan fingerprint density at radius 2 is 0.898 bits per heavy atom. The van der Waals surface area contributed by atoms with Crippen LogP contribution in [0.1, 0.15) is 39.1 Å². The summed E-state index contributed by atoms with van der Waals surface area (Å²) in [5, 5.41) is 10.8. The lowest BCUT2D eigenvalue weighted by Crippen LogP contribution is -2.38. The molecule has 49 heavy (non-hydrogen) atoms. The average molecular weight is 656 g/mol. The molecule has 0 aliphatic heterocycles. The van der Waals surface area contributed by atoms with Crippen molar-refractivity contribution in [3.63, 3.8) is 0 Å². The van der Waals surface area contributed by atoms with Crippen LogP contribution in [0.2, 0.25) is 0 Å². The highest BCUT2D eigenvalue weighted by atomic mass is 32.1. The Hall–Kier alpha value is -6.11. The first-order valence-corrected chi connectivity index (χ1v) is 16.9. The SMILES string of the molecule is O=C/C(=N\OC(c1ccccc1)(c1ccccc1)c1ccccc1)c1csc(NC(c2ccccc2)(c2ccccc2)c2ccccc2)n1. The summed E-state index contributed by atoms with van der Waals surface area (Å²) in [6, 6.07) is 60.8. The van der Waals surface area contributed by atoms with Crippen LogP contribution in [0.5, 0.6) is 0 Å². The number of aldehydes is 1. The second-order valence-electron chi connectivity index (χ2n) is 11.5. The molecule has 0 aliphatic carbocycles. The largest absolute Gasteiger partial charge is 0.374 e. The third-order valence-electron chi connectivity index (χ3n) is 8.61. The zero-order valence-electron chi connectivity index (χ0n) is 26.6. The summed E-state index contributed by atoms with van der Waals surface area (Å²) < 4.78 is 0. The maximum absolute atomic E-state index is 12.7. The molecular weight excluding hydrogens is 623 g/mol.